The number of benzene rings is 1. The van der Waals surface area contributed by atoms with Crippen molar-refractivity contribution >= 4 is 17.7 Å². The summed E-state index contributed by atoms with van der Waals surface area (Å²) in [7, 11) is 1.43. The van der Waals surface area contributed by atoms with E-state index in [4.69, 9.17) is 5.11 Å². The minimum absolute atomic E-state index is 0.0463. The van der Waals surface area contributed by atoms with Gasteiger partial charge in [-0.15, -0.1) is 0 Å². The second-order valence-electron chi connectivity index (χ2n) is 2.74. The molecule has 80 valence electrons. The highest BCUT2D eigenvalue weighted by atomic mass is 16.4. The molecule has 0 radical (unpaired) electrons. The van der Waals surface area contributed by atoms with Gasteiger partial charge >= 0.3 is 12.0 Å². The first-order chi connectivity index (χ1) is 7.04. The molecule has 0 aliphatic heterocycles. The summed E-state index contributed by atoms with van der Waals surface area (Å²) in [4.78, 5) is 21.4. The van der Waals surface area contributed by atoms with Crippen LogP contribution in [0.3, 0.4) is 0 Å². The third kappa shape index (κ3) is 2.60. The molecule has 0 spiro atoms. The SMILES string of the molecule is CNC(=O)Nc1ccc(C(=O)O)cc1O. The Bertz CT molecular complexity index is 403. The number of hydrogen-bond acceptors (Lipinski definition) is 3. The molecular weight excluding hydrogens is 200 g/mol. The standard InChI is InChI=1S/C9H10N2O4/c1-10-9(15)11-6-3-2-5(8(13)14)4-7(6)12/h2-4,12H,1H3,(H,13,14)(H2,10,11,15). The summed E-state index contributed by atoms with van der Waals surface area (Å²) in [5.74, 6) is -1.43. The quantitative estimate of drug-likeness (QED) is 0.543. The molecule has 15 heavy (non-hydrogen) atoms. The smallest absolute Gasteiger partial charge is 0.335 e. The second kappa shape index (κ2) is 4.32. The van der Waals surface area contributed by atoms with E-state index in [0.29, 0.717) is 0 Å². The molecule has 6 nitrogen and oxygen atoms in total. The fraction of sp³-hybridized carbons (Fsp3) is 0.111. The molecule has 0 atom stereocenters. The van der Waals surface area contributed by atoms with Crippen LogP contribution in [0.2, 0.25) is 0 Å². The van der Waals surface area contributed by atoms with Crippen LogP contribution in [-0.4, -0.2) is 29.3 Å². The Kier molecular flexibility index (Phi) is 3.12. The Labute approximate surface area is 85.5 Å². The van der Waals surface area contributed by atoms with E-state index in [1.54, 1.807) is 0 Å². The fourth-order valence-corrected chi connectivity index (χ4v) is 0.955. The number of nitrogens with one attached hydrogen (secondary N) is 2. The summed E-state index contributed by atoms with van der Waals surface area (Å²) < 4.78 is 0. The van der Waals surface area contributed by atoms with Crippen molar-refractivity contribution in [3.8, 4) is 5.75 Å². The lowest BCUT2D eigenvalue weighted by atomic mass is 10.2. The van der Waals surface area contributed by atoms with Crippen molar-refractivity contribution in [3.05, 3.63) is 23.8 Å². The maximum Gasteiger partial charge on any atom is 0.335 e. The second-order valence-corrected chi connectivity index (χ2v) is 2.74. The van der Waals surface area contributed by atoms with Crippen molar-refractivity contribution < 1.29 is 19.8 Å². The number of amides is 2. The maximum absolute atomic E-state index is 10.9. The molecule has 0 unspecified atom stereocenters. The Morgan fingerprint density at radius 2 is 2.00 bits per heavy atom. The molecule has 4 N–H and O–H groups in total. The molecular formula is C9H10N2O4. The van der Waals surface area contributed by atoms with Crippen LogP contribution >= 0.6 is 0 Å². The highest BCUT2D eigenvalue weighted by molar-refractivity contribution is 5.93. The molecule has 2 amide bonds. The number of carboxylic acid groups (broad SMARTS) is 1. The third-order valence-corrected chi connectivity index (χ3v) is 1.72. The normalized spacial score (nSPS) is 9.40. The van der Waals surface area contributed by atoms with Gasteiger partial charge in [0.05, 0.1) is 11.3 Å². The molecule has 0 aromatic heterocycles. The maximum atomic E-state index is 10.9. The first-order valence-electron chi connectivity index (χ1n) is 4.09. The molecule has 0 fully saturated rings. The van der Waals surface area contributed by atoms with E-state index >= 15 is 0 Å². The molecule has 1 aromatic rings. The van der Waals surface area contributed by atoms with E-state index in [1.807, 2.05) is 0 Å². The van der Waals surface area contributed by atoms with Crippen LogP contribution in [0, 0.1) is 0 Å². The molecule has 0 saturated heterocycles. The number of carbonyl (C=O) groups excluding carboxylic acids is 1. The highest BCUT2D eigenvalue weighted by Crippen LogP contribution is 2.23. The zero-order valence-corrected chi connectivity index (χ0v) is 7.94. The Morgan fingerprint density at radius 3 is 2.47 bits per heavy atom. The highest BCUT2D eigenvalue weighted by Gasteiger charge is 2.08. The van der Waals surface area contributed by atoms with Crippen LogP contribution in [0.5, 0.6) is 5.75 Å². The summed E-state index contributed by atoms with van der Waals surface area (Å²) in [5, 5.41) is 22.6. The van der Waals surface area contributed by atoms with Gasteiger partial charge < -0.3 is 20.8 Å². The number of carboxylic acids is 1. The van der Waals surface area contributed by atoms with E-state index in [0.717, 1.165) is 6.07 Å². The van der Waals surface area contributed by atoms with Crippen molar-refractivity contribution in [2.75, 3.05) is 12.4 Å². The lowest BCUT2D eigenvalue weighted by molar-refractivity contribution is 0.0696. The number of phenolic OH excluding ortho intramolecular Hbond substituents is 1. The lowest BCUT2D eigenvalue weighted by Gasteiger charge is -2.06. The summed E-state index contributed by atoms with van der Waals surface area (Å²) in [6, 6.07) is 3.17. The number of hydrogen-bond donors (Lipinski definition) is 4. The molecule has 1 rings (SSSR count). The molecule has 6 heteroatoms. The van der Waals surface area contributed by atoms with E-state index in [1.165, 1.54) is 19.2 Å². The van der Waals surface area contributed by atoms with E-state index in [9.17, 15) is 14.7 Å². The van der Waals surface area contributed by atoms with Gasteiger partial charge in [-0.3, -0.25) is 0 Å². The van der Waals surface area contributed by atoms with Gasteiger partial charge in [0.2, 0.25) is 0 Å². The van der Waals surface area contributed by atoms with E-state index in [-0.39, 0.29) is 17.0 Å². The first kappa shape index (κ1) is 10.8. The van der Waals surface area contributed by atoms with Gasteiger partial charge in [0, 0.05) is 7.05 Å². The Hall–Kier alpha value is -2.24. The minimum Gasteiger partial charge on any atom is -0.506 e. The summed E-state index contributed by atoms with van der Waals surface area (Å²) in [5.41, 5.74) is 0.106. The molecule has 0 aliphatic rings. The summed E-state index contributed by atoms with van der Waals surface area (Å²) >= 11 is 0. The average molecular weight is 210 g/mol. The number of rotatable bonds is 2. The number of anilines is 1. The van der Waals surface area contributed by atoms with E-state index in [2.05, 4.69) is 10.6 Å². The monoisotopic (exact) mass is 210 g/mol. The number of aromatic carboxylic acids is 1. The predicted molar refractivity (Wildman–Crippen MR) is 53.1 cm³/mol. The Morgan fingerprint density at radius 1 is 1.33 bits per heavy atom. The Balaban J connectivity index is 2.93. The molecule has 1 aromatic carbocycles. The van der Waals surface area contributed by atoms with Gasteiger partial charge in [0.15, 0.2) is 0 Å². The van der Waals surface area contributed by atoms with Gasteiger partial charge in [-0.05, 0) is 18.2 Å². The van der Waals surface area contributed by atoms with Crippen LogP contribution in [-0.2, 0) is 0 Å². The van der Waals surface area contributed by atoms with Gasteiger partial charge in [-0.25, -0.2) is 9.59 Å². The van der Waals surface area contributed by atoms with Crippen molar-refractivity contribution in [2.24, 2.45) is 0 Å². The predicted octanol–water partition coefficient (Wildman–Crippen LogP) is 0.842. The summed E-state index contributed by atoms with van der Waals surface area (Å²) in [6.07, 6.45) is 0. The van der Waals surface area contributed by atoms with Gasteiger partial charge in [-0.2, -0.15) is 0 Å². The largest absolute Gasteiger partial charge is 0.506 e. The average Bonchev–Trinajstić information content (AvgIpc) is 2.20. The number of aromatic hydroxyl groups is 1. The van der Waals surface area contributed by atoms with Crippen LogP contribution in [0.4, 0.5) is 10.5 Å². The van der Waals surface area contributed by atoms with Crippen molar-refractivity contribution in [2.45, 2.75) is 0 Å². The van der Waals surface area contributed by atoms with Gasteiger partial charge in [-0.1, -0.05) is 0 Å². The number of carbonyl (C=O) groups is 2. The molecule has 0 saturated carbocycles. The lowest BCUT2D eigenvalue weighted by Crippen LogP contribution is -2.24. The molecule has 0 bridgehead atoms. The van der Waals surface area contributed by atoms with Crippen LogP contribution in [0.15, 0.2) is 18.2 Å². The molecule has 0 heterocycles. The van der Waals surface area contributed by atoms with Crippen molar-refractivity contribution in [1.29, 1.82) is 0 Å². The fourth-order valence-electron chi connectivity index (χ4n) is 0.955. The van der Waals surface area contributed by atoms with Crippen LogP contribution < -0.4 is 10.6 Å². The topological polar surface area (TPSA) is 98.7 Å². The van der Waals surface area contributed by atoms with Crippen LogP contribution in [0.25, 0.3) is 0 Å². The van der Waals surface area contributed by atoms with E-state index < -0.39 is 12.0 Å². The van der Waals surface area contributed by atoms with Crippen molar-refractivity contribution in [3.63, 3.8) is 0 Å². The molecule has 0 aliphatic carbocycles. The van der Waals surface area contributed by atoms with Crippen LogP contribution in [0.1, 0.15) is 10.4 Å². The third-order valence-electron chi connectivity index (χ3n) is 1.72. The van der Waals surface area contributed by atoms with Gasteiger partial charge in [0.25, 0.3) is 0 Å². The van der Waals surface area contributed by atoms with Gasteiger partial charge in [0.1, 0.15) is 5.75 Å². The number of urea groups is 1. The summed E-state index contributed by atoms with van der Waals surface area (Å²) in [6.45, 7) is 0. The zero-order valence-electron chi connectivity index (χ0n) is 7.94. The zero-order chi connectivity index (χ0) is 11.4. The minimum atomic E-state index is -1.14. The number of phenols is 1. The van der Waals surface area contributed by atoms with Crippen molar-refractivity contribution in [1.82, 2.24) is 5.32 Å². The first-order valence-corrected chi connectivity index (χ1v) is 4.09.